The van der Waals surface area contributed by atoms with Gasteiger partial charge >= 0.3 is 0 Å². The third kappa shape index (κ3) is 7.01. The van der Waals surface area contributed by atoms with Crippen molar-refractivity contribution in [2.24, 2.45) is 45.3 Å². The van der Waals surface area contributed by atoms with Crippen molar-refractivity contribution in [3.8, 4) is 0 Å². The van der Waals surface area contributed by atoms with E-state index in [0.29, 0.717) is 6.42 Å². The molecule has 14 heteroatoms. The van der Waals surface area contributed by atoms with E-state index >= 15 is 0 Å². The van der Waals surface area contributed by atoms with Crippen LogP contribution in [0, 0.1) is 45.3 Å². The van der Waals surface area contributed by atoms with Crippen LogP contribution in [-0.2, 0) is 28.4 Å². The Bertz CT molecular complexity index is 1470. The molecular weight excluding hydrogens is 740 g/mol. The number of epoxide rings is 1. The minimum atomic E-state index is -1.75. The van der Waals surface area contributed by atoms with Crippen molar-refractivity contribution in [1.82, 2.24) is 0 Å². The fourth-order valence-electron chi connectivity index (χ4n) is 13.7. The highest BCUT2D eigenvalue weighted by Crippen LogP contribution is 2.75. The number of aliphatic hydroxyl groups excluding tert-OH is 8. The largest absolute Gasteiger partial charge is 0.394 e. The molecule has 0 radical (unpaired) electrons. The molecule has 328 valence electrons. The van der Waals surface area contributed by atoms with Crippen LogP contribution in [0.25, 0.3) is 0 Å². The molecule has 3 aliphatic heterocycles. The SMILES string of the molecule is CO[C@@H](/C=C(\C)[C@H]1CC[C@]2(C)[C@@H]1[C@H](O)C[C@@H]1[C@@]3(C)CC[C@H](O[C@@H]4O[C@H](CO)[C@@H](O)[C@H](O)[C@H]4O[C@@H]4O[C@H](CO)[C@@H](O)[C@H](O)[C@H]4O)C(C)(C)[C@@H]3CC[C@]12C)[C@@H]1OC1(C)C. The van der Waals surface area contributed by atoms with E-state index in [1.165, 1.54) is 5.57 Å². The summed E-state index contributed by atoms with van der Waals surface area (Å²) in [7, 11) is 1.74. The summed E-state index contributed by atoms with van der Waals surface area (Å²) in [6, 6.07) is 0. The minimum Gasteiger partial charge on any atom is -0.394 e. The van der Waals surface area contributed by atoms with Gasteiger partial charge in [0.2, 0.25) is 0 Å². The summed E-state index contributed by atoms with van der Waals surface area (Å²) in [4.78, 5) is 0. The molecule has 0 aromatic carbocycles. The summed E-state index contributed by atoms with van der Waals surface area (Å²) < 4.78 is 36.3. The maximum Gasteiger partial charge on any atom is 0.187 e. The molecule has 7 fully saturated rings. The van der Waals surface area contributed by atoms with Gasteiger partial charge in [0.05, 0.1) is 31.0 Å². The average molecular weight is 813 g/mol. The maximum atomic E-state index is 12.3. The summed E-state index contributed by atoms with van der Waals surface area (Å²) in [5.74, 6) is 0.868. The van der Waals surface area contributed by atoms with E-state index < -0.39 is 92.2 Å². The number of hydrogen-bond donors (Lipinski definition) is 8. The zero-order valence-corrected chi connectivity index (χ0v) is 35.4. The zero-order chi connectivity index (χ0) is 41.8. The fraction of sp³-hybridized carbons (Fsp3) is 0.953. The summed E-state index contributed by atoms with van der Waals surface area (Å²) in [6.07, 6.45) is -7.52. The Morgan fingerprint density at radius 1 is 0.719 bits per heavy atom. The fourth-order valence-corrected chi connectivity index (χ4v) is 13.7. The Hall–Kier alpha value is -0.820. The lowest BCUT2D eigenvalue weighted by Gasteiger charge is -2.70. The Morgan fingerprint density at radius 2 is 1.32 bits per heavy atom. The van der Waals surface area contributed by atoms with E-state index in [1.807, 2.05) is 0 Å². The Kier molecular flexibility index (Phi) is 12.0. The number of fused-ring (bicyclic) bond motifs is 5. The second-order valence-electron chi connectivity index (χ2n) is 20.7. The molecule has 0 amide bonds. The average Bonchev–Trinajstić information content (AvgIpc) is 3.62. The summed E-state index contributed by atoms with van der Waals surface area (Å²) >= 11 is 0. The van der Waals surface area contributed by atoms with Gasteiger partial charge in [-0.15, -0.1) is 0 Å². The molecule has 3 heterocycles. The summed E-state index contributed by atoms with van der Waals surface area (Å²) in [6.45, 7) is 16.9. The van der Waals surface area contributed by atoms with Crippen LogP contribution in [0.4, 0.5) is 0 Å². The molecule has 21 atom stereocenters. The van der Waals surface area contributed by atoms with Gasteiger partial charge in [-0.2, -0.15) is 0 Å². The van der Waals surface area contributed by atoms with Crippen molar-refractivity contribution in [2.75, 3.05) is 20.3 Å². The van der Waals surface area contributed by atoms with Crippen molar-refractivity contribution in [1.29, 1.82) is 0 Å². The molecule has 57 heavy (non-hydrogen) atoms. The molecule has 3 saturated heterocycles. The zero-order valence-electron chi connectivity index (χ0n) is 35.4. The van der Waals surface area contributed by atoms with E-state index in [2.05, 4.69) is 61.5 Å². The molecule has 14 nitrogen and oxygen atoms in total. The molecular formula is C43H72O14. The number of allylic oxidation sites excluding steroid dienone is 1. The van der Waals surface area contributed by atoms with Crippen LogP contribution < -0.4 is 0 Å². The van der Waals surface area contributed by atoms with Gasteiger partial charge in [0, 0.05) is 7.11 Å². The predicted octanol–water partition coefficient (Wildman–Crippen LogP) is 1.79. The second kappa shape index (κ2) is 15.5. The number of rotatable bonds is 10. The van der Waals surface area contributed by atoms with Crippen LogP contribution in [0.2, 0.25) is 0 Å². The van der Waals surface area contributed by atoms with Crippen LogP contribution >= 0.6 is 0 Å². The quantitative estimate of drug-likeness (QED) is 0.0897. The Balaban J connectivity index is 1.10. The Morgan fingerprint density at radius 3 is 1.91 bits per heavy atom. The Labute approximate surface area is 337 Å². The first-order chi connectivity index (χ1) is 26.6. The molecule has 0 aromatic rings. The molecule has 0 spiro atoms. The van der Waals surface area contributed by atoms with Gasteiger partial charge in [-0.1, -0.05) is 46.3 Å². The topological polar surface area (TPSA) is 221 Å². The van der Waals surface area contributed by atoms with Crippen LogP contribution in [0.3, 0.4) is 0 Å². The number of methoxy groups -OCH3 is 1. The first kappa shape index (κ1) is 44.2. The first-order valence-corrected chi connectivity index (χ1v) is 21.4. The van der Waals surface area contributed by atoms with Crippen LogP contribution in [0.5, 0.6) is 0 Å². The van der Waals surface area contributed by atoms with Crippen LogP contribution in [0.1, 0.15) is 100 Å². The van der Waals surface area contributed by atoms with Crippen molar-refractivity contribution in [3.05, 3.63) is 11.6 Å². The normalized spacial score (nSPS) is 53.7. The van der Waals surface area contributed by atoms with Gasteiger partial charge in [-0.3, -0.25) is 0 Å². The van der Waals surface area contributed by atoms with Crippen molar-refractivity contribution >= 4 is 0 Å². The van der Waals surface area contributed by atoms with Crippen molar-refractivity contribution in [2.45, 2.75) is 192 Å². The van der Waals surface area contributed by atoms with Crippen LogP contribution in [-0.4, -0.2) is 153 Å². The van der Waals surface area contributed by atoms with Crippen molar-refractivity contribution < 1.29 is 69.3 Å². The number of ether oxygens (including phenoxy) is 6. The third-order valence-electron chi connectivity index (χ3n) is 17.2. The molecule has 0 unspecified atom stereocenters. The smallest absolute Gasteiger partial charge is 0.187 e. The third-order valence-corrected chi connectivity index (χ3v) is 17.2. The molecule has 7 aliphatic rings. The number of hydrogen-bond acceptors (Lipinski definition) is 14. The lowest BCUT2D eigenvalue weighted by Crippen LogP contribution is -2.67. The van der Waals surface area contributed by atoms with Gasteiger partial charge < -0.3 is 69.3 Å². The van der Waals surface area contributed by atoms with E-state index in [9.17, 15) is 40.9 Å². The molecule has 4 aliphatic carbocycles. The van der Waals surface area contributed by atoms with Gasteiger partial charge in [0.25, 0.3) is 0 Å². The lowest BCUT2D eigenvalue weighted by molar-refractivity contribution is -0.378. The molecule has 0 bridgehead atoms. The van der Waals surface area contributed by atoms with Crippen LogP contribution in [0.15, 0.2) is 11.6 Å². The van der Waals surface area contributed by atoms with Gasteiger partial charge in [-0.25, -0.2) is 0 Å². The monoisotopic (exact) mass is 812 g/mol. The molecule has 4 saturated carbocycles. The number of aliphatic hydroxyl groups is 8. The van der Waals surface area contributed by atoms with E-state index in [0.717, 1.165) is 38.5 Å². The minimum absolute atomic E-state index is 0.00534. The first-order valence-electron chi connectivity index (χ1n) is 21.4. The maximum absolute atomic E-state index is 12.3. The summed E-state index contributed by atoms with van der Waals surface area (Å²) in [5.41, 5.74) is 0.468. The predicted molar refractivity (Wildman–Crippen MR) is 205 cm³/mol. The summed E-state index contributed by atoms with van der Waals surface area (Å²) in [5, 5.41) is 85.7. The highest BCUT2D eigenvalue weighted by atomic mass is 16.8. The van der Waals surface area contributed by atoms with Crippen molar-refractivity contribution in [3.63, 3.8) is 0 Å². The lowest BCUT2D eigenvalue weighted by atomic mass is 9.35. The van der Waals surface area contributed by atoms with E-state index in [1.54, 1.807) is 7.11 Å². The van der Waals surface area contributed by atoms with Gasteiger partial charge in [0.15, 0.2) is 12.6 Å². The van der Waals surface area contributed by atoms with Gasteiger partial charge in [0.1, 0.15) is 61.0 Å². The van der Waals surface area contributed by atoms with E-state index in [-0.39, 0.29) is 57.7 Å². The highest BCUT2D eigenvalue weighted by Gasteiger charge is 2.71. The molecule has 0 aromatic heterocycles. The second-order valence-corrected chi connectivity index (χ2v) is 20.7. The van der Waals surface area contributed by atoms with E-state index in [4.69, 9.17) is 28.4 Å². The molecule has 7 rings (SSSR count). The highest BCUT2D eigenvalue weighted by molar-refractivity contribution is 5.24. The molecule has 8 N–H and O–H groups in total. The van der Waals surface area contributed by atoms with Gasteiger partial charge in [-0.05, 0) is 111 Å². The standard InChI is InChI=1S/C43H72O14/c1-20(16-23(52-9)36-40(4,5)57-36)21-10-14-43(8)29(21)22(46)17-27-41(6)13-12-28(39(2,3)26(41)11-15-42(27,43)7)55-38-35(33(50)31(48)25(19-45)54-38)56-37-34(51)32(49)30(47)24(18-44)53-37/h16,21-38,44-51H,10-15,17-19H2,1-9H3/b20-16+/t21-,22-,23+,24-,25-,26+,27-,28+,29+,30-,31-,32+,33+,34-,35-,36+,37+,38+,41+,42-,43-/m1/s1.